The van der Waals surface area contributed by atoms with Crippen molar-refractivity contribution in [2.75, 3.05) is 18.9 Å². The van der Waals surface area contributed by atoms with Crippen molar-refractivity contribution in [3.05, 3.63) is 33.1 Å². The molecule has 2 aromatic rings. The molecule has 1 aliphatic rings. The zero-order chi connectivity index (χ0) is 15.5. The Hall–Kier alpha value is -2.37. The number of carbonyl (C=O) groups is 1. The molecule has 3 heterocycles. The number of nitrogen functional groups attached to an aromatic ring is 1. The minimum atomic E-state index is -0.356. The Labute approximate surface area is 130 Å². The van der Waals surface area contributed by atoms with Crippen LogP contribution < -0.4 is 5.73 Å². The molecule has 2 aromatic heterocycles. The number of rotatable bonds is 4. The molecular formula is C14H14N4O3S. The molecular weight excluding hydrogens is 304 g/mol. The number of hydrogen-bond donors (Lipinski definition) is 1. The Bertz CT molecular complexity index is 720. The molecule has 0 unspecified atom stereocenters. The highest BCUT2D eigenvalue weighted by atomic mass is 32.1. The van der Waals surface area contributed by atoms with E-state index in [4.69, 9.17) is 20.5 Å². The van der Waals surface area contributed by atoms with E-state index in [-0.39, 0.29) is 18.4 Å². The second kappa shape index (κ2) is 6.17. The van der Waals surface area contributed by atoms with Gasteiger partial charge in [-0.2, -0.15) is 10.4 Å². The van der Waals surface area contributed by atoms with Crippen LogP contribution in [0.15, 0.2) is 12.3 Å². The fourth-order valence-corrected chi connectivity index (χ4v) is 3.25. The summed E-state index contributed by atoms with van der Waals surface area (Å²) in [6.45, 7) is 1.71. The standard InChI is InChI=1S/C14H14N4O3S/c15-6-10-7-17-18(13(10)16)2-4-21-14(19)12-5-9-8-20-3-1-11(9)22-12/h5,7H,1-4,8,16H2. The lowest BCUT2D eigenvalue weighted by Crippen LogP contribution is -2.13. The van der Waals surface area contributed by atoms with Crippen LogP contribution in [0.3, 0.4) is 0 Å². The third-order valence-corrected chi connectivity index (χ3v) is 4.58. The molecule has 0 atom stereocenters. The molecule has 0 fully saturated rings. The normalized spacial score (nSPS) is 13.4. The lowest BCUT2D eigenvalue weighted by molar-refractivity contribution is 0.0494. The minimum Gasteiger partial charge on any atom is -0.460 e. The number of nitrogens with zero attached hydrogens (tertiary/aromatic N) is 3. The molecule has 0 amide bonds. The molecule has 3 rings (SSSR count). The second-order valence-corrected chi connectivity index (χ2v) is 5.91. The molecule has 2 N–H and O–H groups in total. The Morgan fingerprint density at radius 3 is 3.23 bits per heavy atom. The van der Waals surface area contributed by atoms with Crippen molar-refractivity contribution in [1.82, 2.24) is 9.78 Å². The Kier molecular flexibility index (Phi) is 4.09. The van der Waals surface area contributed by atoms with Crippen molar-refractivity contribution < 1.29 is 14.3 Å². The van der Waals surface area contributed by atoms with Gasteiger partial charge < -0.3 is 15.2 Å². The molecule has 7 nitrogen and oxygen atoms in total. The van der Waals surface area contributed by atoms with E-state index in [2.05, 4.69) is 5.10 Å². The summed E-state index contributed by atoms with van der Waals surface area (Å²) in [7, 11) is 0. The maximum Gasteiger partial charge on any atom is 0.348 e. The van der Waals surface area contributed by atoms with Crippen molar-refractivity contribution in [2.45, 2.75) is 19.6 Å². The molecule has 1 aliphatic heterocycles. The van der Waals surface area contributed by atoms with Crippen molar-refractivity contribution in [3.8, 4) is 6.07 Å². The molecule has 0 radical (unpaired) electrons. The highest BCUT2D eigenvalue weighted by Gasteiger charge is 2.18. The van der Waals surface area contributed by atoms with E-state index in [0.29, 0.717) is 30.2 Å². The van der Waals surface area contributed by atoms with E-state index in [1.165, 1.54) is 27.1 Å². The molecule has 0 spiro atoms. The molecule has 0 bridgehead atoms. The summed E-state index contributed by atoms with van der Waals surface area (Å²) < 4.78 is 12.0. The van der Waals surface area contributed by atoms with Crippen LogP contribution in [0.25, 0.3) is 0 Å². The number of esters is 1. The van der Waals surface area contributed by atoms with E-state index in [0.717, 1.165) is 12.0 Å². The zero-order valence-electron chi connectivity index (χ0n) is 11.7. The largest absolute Gasteiger partial charge is 0.460 e. The van der Waals surface area contributed by atoms with Gasteiger partial charge >= 0.3 is 5.97 Å². The summed E-state index contributed by atoms with van der Waals surface area (Å²) in [6, 6.07) is 3.77. The van der Waals surface area contributed by atoms with Gasteiger partial charge in [-0.15, -0.1) is 11.3 Å². The average molecular weight is 318 g/mol. The Morgan fingerprint density at radius 1 is 1.64 bits per heavy atom. The van der Waals surface area contributed by atoms with E-state index in [1.54, 1.807) is 0 Å². The quantitative estimate of drug-likeness (QED) is 0.853. The first-order valence-corrected chi connectivity index (χ1v) is 7.58. The maximum atomic E-state index is 12.0. The van der Waals surface area contributed by atoms with E-state index < -0.39 is 0 Å². The van der Waals surface area contributed by atoms with Crippen LogP contribution in [0.1, 0.15) is 25.7 Å². The second-order valence-electron chi connectivity index (χ2n) is 4.78. The predicted octanol–water partition coefficient (Wildman–Crippen LogP) is 1.33. The van der Waals surface area contributed by atoms with Gasteiger partial charge in [-0.3, -0.25) is 0 Å². The van der Waals surface area contributed by atoms with Crippen LogP contribution >= 0.6 is 11.3 Å². The van der Waals surface area contributed by atoms with Crippen molar-refractivity contribution >= 4 is 23.1 Å². The van der Waals surface area contributed by atoms with E-state index in [9.17, 15) is 4.79 Å². The van der Waals surface area contributed by atoms with Crippen LogP contribution in [0, 0.1) is 11.3 Å². The molecule has 0 aromatic carbocycles. The first kappa shape index (κ1) is 14.6. The zero-order valence-corrected chi connectivity index (χ0v) is 12.6. The van der Waals surface area contributed by atoms with Crippen LogP contribution in [0.2, 0.25) is 0 Å². The lowest BCUT2D eigenvalue weighted by Gasteiger charge is -2.10. The third-order valence-electron chi connectivity index (χ3n) is 3.37. The fourth-order valence-electron chi connectivity index (χ4n) is 2.20. The van der Waals surface area contributed by atoms with Gasteiger partial charge in [0, 0.05) is 11.3 Å². The number of aromatic nitrogens is 2. The van der Waals surface area contributed by atoms with Crippen LogP contribution in [-0.4, -0.2) is 29.0 Å². The van der Waals surface area contributed by atoms with Gasteiger partial charge in [-0.1, -0.05) is 0 Å². The van der Waals surface area contributed by atoms with Crippen molar-refractivity contribution in [3.63, 3.8) is 0 Å². The summed E-state index contributed by atoms with van der Waals surface area (Å²) in [5.41, 5.74) is 7.12. The number of hydrogen-bond acceptors (Lipinski definition) is 7. The summed E-state index contributed by atoms with van der Waals surface area (Å²) in [6.07, 6.45) is 2.23. The highest BCUT2D eigenvalue weighted by molar-refractivity contribution is 7.14. The smallest absolute Gasteiger partial charge is 0.348 e. The Morgan fingerprint density at radius 2 is 2.50 bits per heavy atom. The minimum absolute atomic E-state index is 0.147. The molecule has 0 saturated heterocycles. The van der Waals surface area contributed by atoms with Gasteiger partial charge in [0.25, 0.3) is 0 Å². The van der Waals surface area contributed by atoms with Gasteiger partial charge in [-0.25, -0.2) is 9.48 Å². The molecule has 22 heavy (non-hydrogen) atoms. The van der Waals surface area contributed by atoms with Crippen LogP contribution in [0.4, 0.5) is 5.82 Å². The van der Waals surface area contributed by atoms with E-state index in [1.807, 2.05) is 12.1 Å². The van der Waals surface area contributed by atoms with Crippen LogP contribution in [0.5, 0.6) is 0 Å². The fraction of sp³-hybridized carbons (Fsp3) is 0.357. The molecule has 0 saturated carbocycles. The summed E-state index contributed by atoms with van der Waals surface area (Å²) in [5.74, 6) is -0.0760. The number of nitrogens with two attached hydrogens (primary N) is 1. The first-order chi connectivity index (χ1) is 10.7. The highest BCUT2D eigenvalue weighted by Crippen LogP contribution is 2.27. The van der Waals surface area contributed by atoms with Gasteiger partial charge in [0.05, 0.1) is 26.0 Å². The summed E-state index contributed by atoms with van der Waals surface area (Å²) >= 11 is 1.46. The molecule has 114 valence electrons. The van der Waals surface area contributed by atoms with Crippen molar-refractivity contribution in [1.29, 1.82) is 5.26 Å². The lowest BCUT2D eigenvalue weighted by atomic mass is 10.2. The number of nitriles is 1. The maximum absolute atomic E-state index is 12.0. The number of thiophene rings is 1. The van der Waals surface area contributed by atoms with Gasteiger partial charge in [0.15, 0.2) is 0 Å². The first-order valence-electron chi connectivity index (χ1n) is 6.77. The summed E-state index contributed by atoms with van der Waals surface area (Å²) in [4.78, 5) is 13.8. The van der Waals surface area contributed by atoms with Gasteiger partial charge in [0.2, 0.25) is 0 Å². The van der Waals surface area contributed by atoms with Crippen molar-refractivity contribution in [2.24, 2.45) is 0 Å². The Balaban J connectivity index is 1.57. The topological polar surface area (TPSA) is 103 Å². The predicted molar refractivity (Wildman–Crippen MR) is 79.3 cm³/mol. The number of anilines is 1. The monoisotopic (exact) mass is 318 g/mol. The van der Waals surface area contributed by atoms with Crippen LogP contribution in [-0.2, 0) is 29.0 Å². The van der Waals surface area contributed by atoms with Gasteiger partial charge in [0.1, 0.15) is 28.9 Å². The number of fused-ring (bicyclic) bond motifs is 1. The molecule has 8 heteroatoms. The van der Waals surface area contributed by atoms with E-state index >= 15 is 0 Å². The SMILES string of the molecule is N#Cc1cnn(CCOC(=O)c2cc3c(s2)CCOC3)c1N. The average Bonchev–Trinajstić information content (AvgIpc) is 3.11. The summed E-state index contributed by atoms with van der Waals surface area (Å²) in [5, 5.41) is 12.8. The number of ether oxygens (including phenoxy) is 2. The van der Waals surface area contributed by atoms with Gasteiger partial charge in [-0.05, 0) is 11.6 Å². The number of carbonyl (C=O) groups excluding carboxylic acids is 1. The third kappa shape index (κ3) is 2.81. The molecule has 0 aliphatic carbocycles.